The molecular weight excluding hydrogens is 156 g/mol. The molecule has 0 radical (unpaired) electrons. The van der Waals surface area contributed by atoms with Crippen LogP contribution in [0.4, 0.5) is 0 Å². The summed E-state index contributed by atoms with van der Waals surface area (Å²) in [4.78, 5) is 0. The van der Waals surface area contributed by atoms with Gasteiger partial charge in [-0.15, -0.1) is 0 Å². The van der Waals surface area contributed by atoms with E-state index in [1.165, 1.54) is 25.7 Å². The van der Waals surface area contributed by atoms with Gasteiger partial charge in [0.25, 0.3) is 0 Å². The van der Waals surface area contributed by atoms with Gasteiger partial charge in [-0.3, -0.25) is 0 Å². The van der Waals surface area contributed by atoms with Crippen LogP contribution >= 0.6 is 0 Å². The molecular formula is C13H24. The van der Waals surface area contributed by atoms with Crippen molar-refractivity contribution in [2.24, 2.45) is 23.7 Å². The Morgan fingerprint density at radius 3 is 2.38 bits per heavy atom. The molecule has 2 rings (SSSR count). The molecule has 4 unspecified atom stereocenters. The predicted octanol–water partition coefficient (Wildman–Crippen LogP) is 4.25. The molecule has 4 atom stereocenters. The third kappa shape index (κ3) is 2.72. The maximum absolute atomic E-state index is 2.42. The molecule has 0 saturated heterocycles. The highest BCUT2D eigenvalue weighted by Crippen LogP contribution is 2.53. The summed E-state index contributed by atoms with van der Waals surface area (Å²) < 4.78 is 0. The Kier molecular flexibility index (Phi) is 2.96. The van der Waals surface area contributed by atoms with E-state index in [9.17, 15) is 0 Å². The summed E-state index contributed by atoms with van der Waals surface area (Å²) >= 11 is 0. The summed E-state index contributed by atoms with van der Waals surface area (Å²) in [6, 6.07) is 0. The van der Waals surface area contributed by atoms with Gasteiger partial charge in [-0.05, 0) is 42.9 Å². The van der Waals surface area contributed by atoms with Gasteiger partial charge in [0, 0.05) is 0 Å². The second kappa shape index (κ2) is 4.02. The molecule has 0 N–H and O–H groups in total. The van der Waals surface area contributed by atoms with Crippen molar-refractivity contribution in [3.63, 3.8) is 0 Å². The van der Waals surface area contributed by atoms with E-state index in [-0.39, 0.29) is 0 Å². The Labute approximate surface area is 83.1 Å². The van der Waals surface area contributed by atoms with Crippen LogP contribution in [0, 0.1) is 23.7 Å². The molecule has 0 aromatic carbocycles. The minimum Gasteiger partial charge on any atom is -0.0654 e. The van der Waals surface area contributed by atoms with Crippen LogP contribution in [0.5, 0.6) is 0 Å². The normalized spacial score (nSPS) is 42.0. The molecule has 0 aromatic rings. The van der Waals surface area contributed by atoms with Crippen LogP contribution in [0.15, 0.2) is 0 Å². The first-order valence-corrected chi connectivity index (χ1v) is 6.31. The van der Waals surface area contributed by atoms with Crippen LogP contribution in [0.1, 0.15) is 58.8 Å². The number of hydrogen-bond acceptors (Lipinski definition) is 0. The lowest BCUT2D eigenvalue weighted by Gasteiger charge is -1.98. The van der Waals surface area contributed by atoms with Crippen LogP contribution in [0.25, 0.3) is 0 Å². The van der Waals surface area contributed by atoms with Crippen molar-refractivity contribution in [2.75, 3.05) is 0 Å². The first-order valence-electron chi connectivity index (χ1n) is 6.31. The van der Waals surface area contributed by atoms with Gasteiger partial charge < -0.3 is 0 Å². The van der Waals surface area contributed by atoms with Crippen molar-refractivity contribution in [1.29, 1.82) is 0 Å². The van der Waals surface area contributed by atoms with E-state index in [0.29, 0.717) is 0 Å². The lowest BCUT2D eigenvalue weighted by atomic mass is 10.1. The lowest BCUT2D eigenvalue weighted by molar-refractivity contribution is 0.531. The molecule has 0 heteroatoms. The first-order chi connectivity index (χ1) is 6.31. The standard InChI is InChI=1S/C13H24/c1-3-4-5-6-11-8-13(11)9-12-7-10(12)2/h10-13H,3-9H2,1-2H3. The highest BCUT2D eigenvalue weighted by atomic mass is 14.5. The molecule has 0 heterocycles. The molecule has 0 bridgehead atoms. The maximum Gasteiger partial charge on any atom is -0.0380 e. The third-order valence-corrected chi connectivity index (χ3v) is 4.13. The molecule has 0 aromatic heterocycles. The number of unbranched alkanes of at least 4 members (excludes halogenated alkanes) is 2. The van der Waals surface area contributed by atoms with Gasteiger partial charge in [-0.2, -0.15) is 0 Å². The zero-order chi connectivity index (χ0) is 9.26. The van der Waals surface area contributed by atoms with Crippen LogP contribution in [-0.4, -0.2) is 0 Å². The topological polar surface area (TPSA) is 0 Å². The Balaban J connectivity index is 1.50. The van der Waals surface area contributed by atoms with Gasteiger partial charge in [-0.25, -0.2) is 0 Å². The van der Waals surface area contributed by atoms with E-state index in [1.54, 1.807) is 19.3 Å². The smallest absolute Gasteiger partial charge is 0.0380 e. The summed E-state index contributed by atoms with van der Waals surface area (Å²) in [6.45, 7) is 4.72. The predicted molar refractivity (Wildman–Crippen MR) is 57.6 cm³/mol. The fourth-order valence-corrected chi connectivity index (χ4v) is 2.73. The molecule has 2 aliphatic carbocycles. The molecule has 76 valence electrons. The average molecular weight is 180 g/mol. The van der Waals surface area contributed by atoms with E-state index >= 15 is 0 Å². The largest absolute Gasteiger partial charge is 0.0654 e. The van der Waals surface area contributed by atoms with Crippen molar-refractivity contribution in [2.45, 2.75) is 58.8 Å². The molecule has 0 amide bonds. The monoisotopic (exact) mass is 180 g/mol. The quantitative estimate of drug-likeness (QED) is 0.536. The maximum atomic E-state index is 2.42. The zero-order valence-electron chi connectivity index (χ0n) is 9.26. The van der Waals surface area contributed by atoms with Crippen LogP contribution in [0.3, 0.4) is 0 Å². The Hall–Kier alpha value is 0. The van der Waals surface area contributed by atoms with Crippen LogP contribution in [-0.2, 0) is 0 Å². The molecule has 0 nitrogen and oxygen atoms in total. The van der Waals surface area contributed by atoms with E-state index in [4.69, 9.17) is 0 Å². The summed E-state index contributed by atoms with van der Waals surface area (Å²) in [5, 5.41) is 0. The van der Waals surface area contributed by atoms with E-state index in [1.807, 2.05) is 0 Å². The fraction of sp³-hybridized carbons (Fsp3) is 1.00. The van der Waals surface area contributed by atoms with Crippen molar-refractivity contribution in [1.82, 2.24) is 0 Å². The fourth-order valence-electron chi connectivity index (χ4n) is 2.73. The lowest BCUT2D eigenvalue weighted by Crippen LogP contribution is -1.87. The van der Waals surface area contributed by atoms with Crippen molar-refractivity contribution in [3.05, 3.63) is 0 Å². The van der Waals surface area contributed by atoms with Gasteiger partial charge in [0.1, 0.15) is 0 Å². The van der Waals surface area contributed by atoms with E-state index in [0.717, 1.165) is 23.7 Å². The van der Waals surface area contributed by atoms with Gasteiger partial charge in [0.05, 0.1) is 0 Å². The zero-order valence-corrected chi connectivity index (χ0v) is 9.26. The van der Waals surface area contributed by atoms with Gasteiger partial charge in [0.15, 0.2) is 0 Å². The average Bonchev–Trinajstić information content (AvgIpc) is 2.97. The van der Waals surface area contributed by atoms with Crippen LogP contribution in [0.2, 0.25) is 0 Å². The summed E-state index contributed by atoms with van der Waals surface area (Å²) in [5.41, 5.74) is 0. The number of rotatable bonds is 6. The van der Waals surface area contributed by atoms with Gasteiger partial charge >= 0.3 is 0 Å². The van der Waals surface area contributed by atoms with Crippen molar-refractivity contribution >= 4 is 0 Å². The van der Waals surface area contributed by atoms with Crippen LogP contribution < -0.4 is 0 Å². The highest BCUT2D eigenvalue weighted by molar-refractivity contribution is 4.93. The minimum atomic E-state index is 1.08. The first kappa shape index (κ1) is 9.55. The molecule has 2 saturated carbocycles. The van der Waals surface area contributed by atoms with E-state index in [2.05, 4.69) is 13.8 Å². The molecule has 0 aliphatic heterocycles. The summed E-state index contributed by atoms with van der Waals surface area (Å²) in [6.07, 6.45) is 10.6. The third-order valence-electron chi connectivity index (χ3n) is 4.13. The molecule has 13 heavy (non-hydrogen) atoms. The molecule has 2 fully saturated rings. The number of hydrogen-bond donors (Lipinski definition) is 0. The molecule has 2 aliphatic rings. The Bertz CT molecular complexity index is 161. The van der Waals surface area contributed by atoms with Crippen molar-refractivity contribution in [3.8, 4) is 0 Å². The second-order valence-electron chi connectivity index (χ2n) is 5.46. The van der Waals surface area contributed by atoms with Gasteiger partial charge in [0.2, 0.25) is 0 Å². The molecule has 0 spiro atoms. The van der Waals surface area contributed by atoms with E-state index < -0.39 is 0 Å². The SMILES string of the molecule is CCCCCC1CC1CC1CC1C. The second-order valence-corrected chi connectivity index (χ2v) is 5.46. The Morgan fingerprint density at radius 1 is 1.00 bits per heavy atom. The summed E-state index contributed by atoms with van der Waals surface area (Å²) in [7, 11) is 0. The highest BCUT2D eigenvalue weighted by Gasteiger charge is 2.42. The van der Waals surface area contributed by atoms with Crippen molar-refractivity contribution < 1.29 is 0 Å². The summed E-state index contributed by atoms with van der Waals surface area (Å²) in [5.74, 6) is 4.53. The van der Waals surface area contributed by atoms with Gasteiger partial charge in [-0.1, -0.05) is 39.5 Å². The Morgan fingerprint density at radius 2 is 1.77 bits per heavy atom. The minimum absolute atomic E-state index is 1.08.